The number of anilines is 1. The van der Waals surface area contributed by atoms with Gasteiger partial charge in [-0.2, -0.15) is 0 Å². The van der Waals surface area contributed by atoms with Crippen LogP contribution >= 0.6 is 0 Å². The Balaban J connectivity index is 1.69. The van der Waals surface area contributed by atoms with E-state index in [1.807, 2.05) is 0 Å². The van der Waals surface area contributed by atoms with E-state index in [1.165, 1.54) is 18.2 Å². The standard InChI is InChI=1S/C18H13FN2O2/c19-16-6-2-1-5-15(16)17-9-7-14(23-17)8-10-18(22)21-13-4-3-11-20-12-13/h1-12H,(H,21,22)/b10-8+. The molecule has 0 spiro atoms. The molecule has 3 aromatic rings. The molecule has 3 rings (SSSR count). The fraction of sp³-hybridized carbons (Fsp3) is 0. The van der Waals surface area contributed by atoms with Crippen LogP contribution in [0.3, 0.4) is 0 Å². The Labute approximate surface area is 132 Å². The lowest BCUT2D eigenvalue weighted by molar-refractivity contribution is -0.111. The summed E-state index contributed by atoms with van der Waals surface area (Å²) < 4.78 is 19.2. The minimum Gasteiger partial charge on any atom is -0.457 e. The predicted octanol–water partition coefficient (Wildman–Crippen LogP) is 4.13. The molecule has 0 saturated heterocycles. The van der Waals surface area contributed by atoms with E-state index in [9.17, 15) is 9.18 Å². The molecular formula is C18H13FN2O2. The smallest absolute Gasteiger partial charge is 0.248 e. The average Bonchev–Trinajstić information content (AvgIpc) is 3.03. The molecule has 0 unspecified atom stereocenters. The molecule has 0 atom stereocenters. The quantitative estimate of drug-likeness (QED) is 0.737. The number of hydrogen-bond acceptors (Lipinski definition) is 3. The SMILES string of the molecule is O=C(/C=C/c1ccc(-c2ccccc2F)o1)Nc1cccnc1. The van der Waals surface area contributed by atoms with Crippen LogP contribution in [0.2, 0.25) is 0 Å². The van der Waals surface area contributed by atoms with Crippen molar-refractivity contribution in [1.82, 2.24) is 4.98 Å². The number of aromatic nitrogens is 1. The highest BCUT2D eigenvalue weighted by atomic mass is 19.1. The topological polar surface area (TPSA) is 55.1 Å². The van der Waals surface area contributed by atoms with Gasteiger partial charge in [0.15, 0.2) is 0 Å². The predicted molar refractivity (Wildman–Crippen MR) is 86.0 cm³/mol. The van der Waals surface area contributed by atoms with Crippen molar-refractivity contribution in [1.29, 1.82) is 0 Å². The highest BCUT2D eigenvalue weighted by Gasteiger charge is 2.08. The van der Waals surface area contributed by atoms with E-state index in [1.54, 1.807) is 54.9 Å². The second-order valence-electron chi connectivity index (χ2n) is 4.75. The van der Waals surface area contributed by atoms with Crippen LogP contribution in [0.15, 0.2) is 71.4 Å². The number of nitrogens with zero attached hydrogens (tertiary/aromatic N) is 1. The lowest BCUT2D eigenvalue weighted by Crippen LogP contribution is -2.07. The van der Waals surface area contributed by atoms with Crippen molar-refractivity contribution in [3.8, 4) is 11.3 Å². The molecule has 0 saturated carbocycles. The summed E-state index contributed by atoms with van der Waals surface area (Å²) in [6.07, 6.45) is 6.04. The minimum absolute atomic E-state index is 0.304. The molecule has 0 radical (unpaired) electrons. The number of amides is 1. The molecule has 0 aliphatic heterocycles. The molecule has 1 amide bonds. The zero-order valence-electron chi connectivity index (χ0n) is 12.1. The van der Waals surface area contributed by atoms with E-state index in [2.05, 4.69) is 10.3 Å². The van der Waals surface area contributed by atoms with E-state index in [0.717, 1.165) is 0 Å². The van der Waals surface area contributed by atoms with Gasteiger partial charge in [-0.3, -0.25) is 9.78 Å². The number of carbonyl (C=O) groups excluding carboxylic acids is 1. The van der Waals surface area contributed by atoms with E-state index in [4.69, 9.17) is 4.42 Å². The summed E-state index contributed by atoms with van der Waals surface area (Å²) in [6.45, 7) is 0. The molecule has 2 heterocycles. The first-order chi connectivity index (χ1) is 11.2. The second kappa shape index (κ2) is 6.70. The van der Waals surface area contributed by atoms with Gasteiger partial charge in [0, 0.05) is 12.3 Å². The molecule has 114 valence electrons. The first kappa shape index (κ1) is 14.7. The molecule has 2 aromatic heterocycles. The molecule has 0 bridgehead atoms. The Kier molecular flexibility index (Phi) is 4.29. The summed E-state index contributed by atoms with van der Waals surface area (Å²) >= 11 is 0. The minimum atomic E-state index is -0.355. The Morgan fingerprint density at radius 3 is 2.78 bits per heavy atom. The number of halogens is 1. The molecule has 0 aliphatic carbocycles. The average molecular weight is 308 g/mol. The molecule has 1 aromatic carbocycles. The Bertz CT molecular complexity index is 841. The van der Waals surface area contributed by atoms with Crippen LogP contribution in [0.25, 0.3) is 17.4 Å². The van der Waals surface area contributed by atoms with Crippen LogP contribution in [0.5, 0.6) is 0 Å². The van der Waals surface area contributed by atoms with Crippen molar-refractivity contribution in [2.45, 2.75) is 0 Å². The van der Waals surface area contributed by atoms with Gasteiger partial charge in [-0.25, -0.2) is 4.39 Å². The van der Waals surface area contributed by atoms with Crippen LogP contribution in [0, 0.1) is 5.82 Å². The molecule has 1 N–H and O–H groups in total. The van der Waals surface area contributed by atoms with Crippen LogP contribution in [-0.2, 0) is 4.79 Å². The van der Waals surface area contributed by atoms with E-state index >= 15 is 0 Å². The molecule has 23 heavy (non-hydrogen) atoms. The highest BCUT2D eigenvalue weighted by molar-refractivity contribution is 6.01. The number of carbonyl (C=O) groups is 1. The summed E-state index contributed by atoms with van der Waals surface area (Å²) in [5.41, 5.74) is 0.987. The number of furan rings is 1. The molecule has 5 heteroatoms. The molecule has 4 nitrogen and oxygen atoms in total. The van der Waals surface area contributed by atoms with E-state index in [0.29, 0.717) is 22.8 Å². The number of benzene rings is 1. The first-order valence-corrected chi connectivity index (χ1v) is 6.96. The Morgan fingerprint density at radius 1 is 1.13 bits per heavy atom. The van der Waals surface area contributed by atoms with Gasteiger partial charge in [-0.15, -0.1) is 0 Å². The summed E-state index contributed by atoms with van der Waals surface area (Å²) in [5, 5.41) is 2.67. The van der Waals surface area contributed by atoms with Gasteiger partial charge >= 0.3 is 0 Å². The maximum Gasteiger partial charge on any atom is 0.248 e. The lowest BCUT2D eigenvalue weighted by Gasteiger charge is -1.99. The van der Waals surface area contributed by atoms with Gasteiger partial charge < -0.3 is 9.73 Å². The summed E-state index contributed by atoms with van der Waals surface area (Å²) in [6, 6.07) is 13.2. The van der Waals surface area contributed by atoms with E-state index in [-0.39, 0.29) is 11.7 Å². The molecular weight excluding hydrogens is 295 g/mol. The third-order valence-electron chi connectivity index (χ3n) is 3.09. The largest absolute Gasteiger partial charge is 0.457 e. The third kappa shape index (κ3) is 3.71. The maximum atomic E-state index is 13.7. The zero-order chi connectivity index (χ0) is 16.1. The van der Waals surface area contributed by atoms with Gasteiger partial charge in [0.25, 0.3) is 0 Å². The normalized spacial score (nSPS) is 10.8. The number of hydrogen-bond donors (Lipinski definition) is 1. The van der Waals surface area contributed by atoms with Gasteiger partial charge in [0.2, 0.25) is 5.91 Å². The number of rotatable bonds is 4. The fourth-order valence-electron chi connectivity index (χ4n) is 2.03. The van der Waals surface area contributed by atoms with E-state index < -0.39 is 0 Å². The fourth-order valence-corrected chi connectivity index (χ4v) is 2.03. The van der Waals surface area contributed by atoms with Crippen molar-refractivity contribution >= 4 is 17.7 Å². The Hall–Kier alpha value is -3.21. The van der Waals surface area contributed by atoms with Gasteiger partial charge in [0.1, 0.15) is 17.3 Å². The van der Waals surface area contributed by atoms with Crippen LogP contribution in [0.1, 0.15) is 5.76 Å². The summed E-state index contributed by atoms with van der Waals surface area (Å²) in [4.78, 5) is 15.7. The van der Waals surface area contributed by atoms with Crippen molar-refractivity contribution in [2.24, 2.45) is 0 Å². The molecule has 0 aliphatic rings. The Morgan fingerprint density at radius 2 is 2.00 bits per heavy atom. The van der Waals surface area contributed by atoms with Gasteiger partial charge in [-0.1, -0.05) is 12.1 Å². The zero-order valence-corrected chi connectivity index (χ0v) is 12.1. The second-order valence-corrected chi connectivity index (χ2v) is 4.75. The first-order valence-electron chi connectivity index (χ1n) is 6.96. The maximum absolute atomic E-state index is 13.7. The van der Waals surface area contributed by atoms with Crippen molar-refractivity contribution in [3.63, 3.8) is 0 Å². The van der Waals surface area contributed by atoms with Crippen LogP contribution in [0.4, 0.5) is 10.1 Å². The van der Waals surface area contributed by atoms with Crippen LogP contribution in [-0.4, -0.2) is 10.9 Å². The lowest BCUT2D eigenvalue weighted by atomic mass is 10.1. The van der Waals surface area contributed by atoms with Crippen molar-refractivity contribution in [2.75, 3.05) is 5.32 Å². The summed E-state index contributed by atoms with van der Waals surface area (Å²) in [7, 11) is 0. The van der Waals surface area contributed by atoms with Crippen molar-refractivity contribution < 1.29 is 13.6 Å². The van der Waals surface area contributed by atoms with Gasteiger partial charge in [-0.05, 0) is 42.5 Å². The van der Waals surface area contributed by atoms with Crippen LogP contribution < -0.4 is 5.32 Å². The summed E-state index contributed by atoms with van der Waals surface area (Å²) in [5.74, 6) is 0.216. The monoisotopic (exact) mass is 308 g/mol. The van der Waals surface area contributed by atoms with Gasteiger partial charge in [0.05, 0.1) is 17.4 Å². The highest BCUT2D eigenvalue weighted by Crippen LogP contribution is 2.25. The number of pyridine rings is 1. The molecule has 0 fully saturated rings. The third-order valence-corrected chi connectivity index (χ3v) is 3.09. The van der Waals surface area contributed by atoms with Crippen molar-refractivity contribution in [3.05, 3.63) is 78.6 Å². The number of nitrogens with one attached hydrogen (secondary N) is 1.